The average molecular weight is 420 g/mol. The molecule has 1 saturated heterocycles. The second kappa shape index (κ2) is 9.76. The van der Waals surface area contributed by atoms with E-state index in [1.54, 1.807) is 17.7 Å². The van der Waals surface area contributed by atoms with Gasteiger partial charge in [0.2, 0.25) is 0 Å². The summed E-state index contributed by atoms with van der Waals surface area (Å²) < 4.78 is 6.84. The normalized spacial score (nSPS) is 16.8. The second-order valence-electron chi connectivity index (χ2n) is 7.43. The Morgan fingerprint density at radius 1 is 1.21 bits per heavy atom. The van der Waals surface area contributed by atoms with E-state index < -0.39 is 6.04 Å². The monoisotopic (exact) mass is 419 g/mol. The molecule has 6 nitrogen and oxygen atoms in total. The average Bonchev–Trinajstić information content (AvgIpc) is 2.72. The number of aryl methyl sites for hydroxylation is 1. The van der Waals surface area contributed by atoms with Crippen LogP contribution in [0.4, 0.5) is 0 Å². The van der Waals surface area contributed by atoms with Crippen LogP contribution in [0.1, 0.15) is 29.8 Å². The van der Waals surface area contributed by atoms with E-state index in [0.29, 0.717) is 29.4 Å². The van der Waals surface area contributed by atoms with Crippen molar-refractivity contribution in [3.05, 3.63) is 62.5 Å². The first-order valence-electron chi connectivity index (χ1n) is 10.1. The van der Waals surface area contributed by atoms with E-state index in [4.69, 9.17) is 16.3 Å². The van der Waals surface area contributed by atoms with Crippen molar-refractivity contribution >= 4 is 11.6 Å². The van der Waals surface area contributed by atoms with Gasteiger partial charge in [-0.1, -0.05) is 36.7 Å². The minimum absolute atomic E-state index is 0.0176. The van der Waals surface area contributed by atoms with Crippen LogP contribution in [0.3, 0.4) is 0 Å². The number of rotatable bonds is 7. The largest absolute Gasteiger partial charge is 0.507 e. The number of methoxy groups -OCH3 is 1. The maximum Gasteiger partial charge on any atom is 0.259 e. The number of likely N-dealkylation sites (N-methyl/N-ethyl adjacent to an activating group) is 1. The molecule has 1 aromatic carbocycles. The Hall–Kier alpha value is -1.86. The number of nitrogens with zero attached hydrogens (tertiary/aromatic N) is 3. The molecule has 1 aliphatic heterocycles. The van der Waals surface area contributed by atoms with Gasteiger partial charge in [-0.15, -0.1) is 0 Å². The Bertz CT molecular complexity index is 891. The Kier molecular flexibility index (Phi) is 7.35. The van der Waals surface area contributed by atoms with Gasteiger partial charge in [0.15, 0.2) is 0 Å². The van der Waals surface area contributed by atoms with Crippen LogP contribution in [-0.2, 0) is 11.3 Å². The maximum atomic E-state index is 13.5. The predicted molar refractivity (Wildman–Crippen MR) is 116 cm³/mol. The first-order chi connectivity index (χ1) is 14.0. The summed E-state index contributed by atoms with van der Waals surface area (Å²) in [6.07, 6.45) is 0. The molecule has 2 aromatic rings. The third-order valence-electron chi connectivity index (χ3n) is 5.73. The van der Waals surface area contributed by atoms with Crippen LogP contribution >= 0.6 is 11.6 Å². The van der Waals surface area contributed by atoms with E-state index in [-0.39, 0.29) is 11.3 Å². The van der Waals surface area contributed by atoms with Gasteiger partial charge in [-0.05, 0) is 31.2 Å². The lowest BCUT2D eigenvalue weighted by Gasteiger charge is -2.39. The van der Waals surface area contributed by atoms with Crippen molar-refractivity contribution in [1.82, 2.24) is 14.4 Å². The van der Waals surface area contributed by atoms with Crippen molar-refractivity contribution in [3.63, 3.8) is 0 Å². The lowest BCUT2D eigenvalue weighted by Crippen LogP contribution is -2.48. The zero-order valence-corrected chi connectivity index (χ0v) is 18.2. The molecule has 1 N–H and O–H groups in total. The van der Waals surface area contributed by atoms with Crippen LogP contribution in [0.5, 0.6) is 5.75 Å². The number of benzene rings is 1. The smallest absolute Gasteiger partial charge is 0.259 e. The van der Waals surface area contributed by atoms with Crippen molar-refractivity contribution in [3.8, 4) is 5.75 Å². The summed E-state index contributed by atoms with van der Waals surface area (Å²) in [6, 6.07) is 8.84. The van der Waals surface area contributed by atoms with Crippen LogP contribution in [0.15, 0.2) is 35.1 Å². The topological polar surface area (TPSA) is 57.9 Å². The van der Waals surface area contributed by atoms with Gasteiger partial charge >= 0.3 is 0 Å². The first-order valence-corrected chi connectivity index (χ1v) is 10.5. The van der Waals surface area contributed by atoms with Gasteiger partial charge in [-0.3, -0.25) is 9.69 Å². The van der Waals surface area contributed by atoms with Crippen molar-refractivity contribution in [2.75, 3.05) is 46.4 Å². The fourth-order valence-corrected chi connectivity index (χ4v) is 4.29. The molecule has 0 aliphatic carbocycles. The fourth-order valence-electron chi connectivity index (χ4n) is 4.06. The molecule has 29 heavy (non-hydrogen) atoms. The molecule has 7 heteroatoms. The number of hydrogen-bond acceptors (Lipinski definition) is 5. The summed E-state index contributed by atoms with van der Waals surface area (Å²) in [5, 5.41) is 11.4. The number of aromatic hydroxyl groups is 1. The second-order valence-corrected chi connectivity index (χ2v) is 7.84. The lowest BCUT2D eigenvalue weighted by molar-refractivity contribution is 0.111. The molecule has 0 bridgehead atoms. The predicted octanol–water partition coefficient (Wildman–Crippen LogP) is 2.89. The third kappa shape index (κ3) is 4.67. The summed E-state index contributed by atoms with van der Waals surface area (Å²) in [6.45, 7) is 9.29. The molecule has 1 aromatic heterocycles. The van der Waals surface area contributed by atoms with Gasteiger partial charge < -0.3 is 19.3 Å². The Morgan fingerprint density at radius 3 is 2.52 bits per heavy atom. The van der Waals surface area contributed by atoms with Gasteiger partial charge in [0.1, 0.15) is 5.75 Å². The number of halogens is 1. The Labute approximate surface area is 177 Å². The molecule has 0 saturated carbocycles. The number of piperazine rings is 1. The molecule has 0 amide bonds. The molecule has 3 rings (SSSR count). The molecule has 1 aliphatic rings. The van der Waals surface area contributed by atoms with Gasteiger partial charge in [-0.25, -0.2) is 0 Å². The number of pyridine rings is 1. The molecular formula is C22H30ClN3O3. The number of ether oxygens (including phenoxy) is 1. The van der Waals surface area contributed by atoms with Crippen LogP contribution in [0, 0.1) is 6.92 Å². The fraction of sp³-hybridized carbons (Fsp3) is 0.500. The van der Waals surface area contributed by atoms with Gasteiger partial charge in [0, 0.05) is 50.6 Å². The van der Waals surface area contributed by atoms with E-state index in [2.05, 4.69) is 16.7 Å². The van der Waals surface area contributed by atoms with E-state index >= 15 is 0 Å². The quantitative estimate of drug-likeness (QED) is 0.747. The zero-order valence-electron chi connectivity index (χ0n) is 17.4. The minimum Gasteiger partial charge on any atom is -0.507 e. The lowest BCUT2D eigenvalue weighted by atomic mass is 9.96. The highest BCUT2D eigenvalue weighted by atomic mass is 35.5. The first kappa shape index (κ1) is 21.8. The van der Waals surface area contributed by atoms with Crippen molar-refractivity contribution in [2.45, 2.75) is 26.4 Å². The summed E-state index contributed by atoms with van der Waals surface area (Å²) in [5.41, 5.74) is 1.74. The molecule has 158 valence electrons. The van der Waals surface area contributed by atoms with Crippen LogP contribution < -0.4 is 5.56 Å². The highest BCUT2D eigenvalue weighted by Crippen LogP contribution is 2.36. The molecule has 1 atom stereocenters. The van der Waals surface area contributed by atoms with Gasteiger partial charge in [0.25, 0.3) is 5.56 Å². The minimum atomic E-state index is -0.399. The third-order valence-corrected chi connectivity index (χ3v) is 6.08. The van der Waals surface area contributed by atoms with E-state index in [0.717, 1.165) is 38.3 Å². The summed E-state index contributed by atoms with van der Waals surface area (Å²) in [5.74, 6) is 0.0176. The summed E-state index contributed by atoms with van der Waals surface area (Å²) >= 11 is 6.56. The zero-order chi connectivity index (χ0) is 21.0. The molecule has 1 fully saturated rings. The van der Waals surface area contributed by atoms with E-state index in [1.807, 2.05) is 31.2 Å². The molecule has 0 spiro atoms. The van der Waals surface area contributed by atoms with E-state index in [9.17, 15) is 9.90 Å². The van der Waals surface area contributed by atoms with Crippen LogP contribution in [-0.4, -0.2) is 65.9 Å². The molecule has 1 unspecified atom stereocenters. The highest BCUT2D eigenvalue weighted by molar-refractivity contribution is 6.31. The molecular weight excluding hydrogens is 390 g/mol. The van der Waals surface area contributed by atoms with Crippen LogP contribution in [0.2, 0.25) is 5.02 Å². The summed E-state index contributed by atoms with van der Waals surface area (Å²) in [7, 11) is 1.61. The molecule has 0 radical (unpaired) electrons. The Morgan fingerprint density at radius 2 is 1.90 bits per heavy atom. The van der Waals surface area contributed by atoms with Gasteiger partial charge in [0.05, 0.1) is 18.2 Å². The van der Waals surface area contributed by atoms with Crippen molar-refractivity contribution in [2.24, 2.45) is 0 Å². The number of hydrogen-bond donors (Lipinski definition) is 1. The van der Waals surface area contributed by atoms with E-state index in [1.165, 1.54) is 0 Å². The van der Waals surface area contributed by atoms with Gasteiger partial charge in [-0.2, -0.15) is 0 Å². The highest BCUT2D eigenvalue weighted by Gasteiger charge is 2.32. The number of aromatic nitrogens is 1. The standard InChI is InChI=1S/C22H30ClN3O3/c1-4-24-9-11-25(12-10-24)21(17-7-5-6-8-18(17)23)20-19(27)15-16(2)26(22(20)28)13-14-29-3/h5-8,15,21,27H,4,9-14H2,1-3H3. The SMILES string of the molecule is CCN1CCN(C(c2ccccc2Cl)c2c(O)cc(C)n(CCOC)c2=O)CC1. The maximum absolute atomic E-state index is 13.5. The van der Waals surface area contributed by atoms with Crippen LogP contribution in [0.25, 0.3) is 0 Å². The summed E-state index contributed by atoms with van der Waals surface area (Å²) in [4.78, 5) is 18.1. The van der Waals surface area contributed by atoms with Crippen molar-refractivity contribution in [1.29, 1.82) is 0 Å². The molecule has 2 heterocycles. The van der Waals surface area contributed by atoms with Crippen molar-refractivity contribution < 1.29 is 9.84 Å². The Balaban J connectivity index is 2.12.